The summed E-state index contributed by atoms with van der Waals surface area (Å²) in [5, 5.41) is 61.5. The highest BCUT2D eigenvalue weighted by atomic mass is 33.1. The van der Waals surface area contributed by atoms with Crippen LogP contribution in [0.15, 0.2) is 97.2 Å². The molecule has 11 nitrogen and oxygen atoms in total. The number of allylic oxidation sites excluding steroid dienone is 2. The van der Waals surface area contributed by atoms with Crippen molar-refractivity contribution in [2.45, 2.75) is 151 Å². The number of ketones is 2. The van der Waals surface area contributed by atoms with Gasteiger partial charge in [0, 0.05) is 82.7 Å². The summed E-state index contributed by atoms with van der Waals surface area (Å²) in [6, 6.07) is 25.5. The number of Topliss-reactive ketones (excluding diaryl/α,β-unsaturated/α-hetero) is 1. The van der Waals surface area contributed by atoms with E-state index in [1.54, 1.807) is 56.8 Å². The third kappa shape index (κ3) is 12.8. The molecule has 0 radical (unpaired) electrons. The summed E-state index contributed by atoms with van der Waals surface area (Å²) in [4.78, 5) is 32.2. The Morgan fingerprint density at radius 1 is 0.747 bits per heavy atom. The van der Waals surface area contributed by atoms with E-state index in [1.165, 1.54) is 36.8 Å². The lowest BCUT2D eigenvalue weighted by atomic mass is 9.59. The summed E-state index contributed by atoms with van der Waals surface area (Å²) in [6.07, 6.45) is 18.9. The molecule has 4 aromatic carbocycles. The highest BCUT2D eigenvalue weighted by Crippen LogP contribution is 2.61. The zero-order chi connectivity index (χ0) is 60.0. The summed E-state index contributed by atoms with van der Waals surface area (Å²) in [5.74, 6) is 11.3. The number of phenols is 2. The van der Waals surface area contributed by atoms with Crippen molar-refractivity contribution in [3.05, 3.63) is 159 Å². The number of benzene rings is 4. The number of aliphatic hydroxyl groups excluding tert-OH is 1. The molecule has 87 heavy (non-hydrogen) atoms. The Morgan fingerprint density at radius 2 is 1.59 bits per heavy atom. The molecule has 5 aromatic rings. The number of ether oxygens (including phenoxy) is 1. The Morgan fingerprint density at radius 3 is 2.45 bits per heavy atom. The van der Waals surface area contributed by atoms with Crippen LogP contribution < -0.4 is 16.2 Å². The van der Waals surface area contributed by atoms with Gasteiger partial charge in [-0.1, -0.05) is 129 Å². The van der Waals surface area contributed by atoms with Gasteiger partial charge in [0.15, 0.2) is 23.1 Å². The molecule has 0 amide bonds. The highest BCUT2D eigenvalue weighted by molar-refractivity contribution is 8.77. The van der Waals surface area contributed by atoms with Crippen LogP contribution in [0.5, 0.6) is 17.2 Å². The average Bonchev–Trinajstić information content (AvgIpc) is 1.86. The molecule has 8 aliphatic rings. The maximum absolute atomic E-state index is 14.5. The molecule has 6 aliphatic carbocycles. The lowest BCUT2D eigenvalue weighted by Gasteiger charge is -2.48. The topological polar surface area (TPSA) is 212 Å². The first-order valence-electron chi connectivity index (χ1n) is 32.1. The number of aromatic amines is 1. The second-order valence-corrected chi connectivity index (χ2v) is 32.4. The van der Waals surface area contributed by atoms with Crippen LogP contribution in [0.2, 0.25) is 0 Å². The first-order valence-corrected chi connectivity index (χ1v) is 37.1. The van der Waals surface area contributed by atoms with Gasteiger partial charge in [-0.05, 0) is 199 Å². The molecule has 1 spiro atoms. The minimum Gasteiger partial charge on any atom is -0.508 e. The molecule has 4 saturated carbocycles. The van der Waals surface area contributed by atoms with E-state index in [0.717, 1.165) is 84.2 Å². The summed E-state index contributed by atoms with van der Waals surface area (Å²) in [5.41, 5.74) is 20.4. The largest absolute Gasteiger partial charge is 0.508 e. The number of fused-ring (bicyclic) bond motifs is 15. The Balaban J connectivity index is 0.879. The van der Waals surface area contributed by atoms with Gasteiger partial charge in [-0.15, -0.1) is 0 Å². The molecule has 15 heteroatoms. The standard InChI is InChI=1S/C72H85N3O8S4/c73-69(74)57-31-48-7-4-10-64-54(21-25-75-64)67(80)33-59-55(48)32-50(57)38-84-85-39-51-36-70(24-20-52(77)16-12-43-14-18-66(79)68(29-43)83-26-22-44-13-17-65(78)60(59)27-44)23-19-49-35-71(81)34-45(11-15-46-6-3-9-63(46)71)28-58-56(49)30-47-5-1-2-8-53(47)61(37-76)62(58)40-86-87-42-72(51,82)41-70/h1-2,5,8,13-14,17-18,20-21,24-25,27,29,31-32,45-46,49,51,56,58-59,61-63,69,75-76,78-79,81-82H,3,6,9-12,15-16,19,22-23,26,28,30,33-42,73-74H2/b24-20+/t45-,46-,49+,51+,56+,58+,59-,61-,62-,63+,70+,71-,72-/m1/s1. The smallest absolute Gasteiger partial charge is 0.165 e. The van der Waals surface area contributed by atoms with E-state index in [1.807, 2.05) is 47.2 Å². The van der Waals surface area contributed by atoms with E-state index in [2.05, 4.69) is 53.2 Å². The van der Waals surface area contributed by atoms with Crippen LogP contribution in [-0.2, 0) is 36.2 Å². The fourth-order valence-corrected chi connectivity index (χ4v) is 23.5. The van der Waals surface area contributed by atoms with Gasteiger partial charge in [-0.25, -0.2) is 0 Å². The van der Waals surface area contributed by atoms with Gasteiger partial charge in [0.2, 0.25) is 0 Å². The average molecular weight is 1250 g/mol. The number of rotatable bonds is 2. The molecule has 10 N–H and O–H groups in total. The summed E-state index contributed by atoms with van der Waals surface area (Å²) in [6.45, 7) is 0.305. The number of aliphatic hydroxyl groups is 3. The molecule has 1 aromatic heterocycles. The Bertz CT molecular complexity index is 3470. The van der Waals surface area contributed by atoms with Crippen molar-refractivity contribution in [2.75, 3.05) is 30.5 Å². The molecule has 1 saturated heterocycles. The van der Waals surface area contributed by atoms with Gasteiger partial charge in [-0.2, -0.15) is 0 Å². The SMILES string of the molecule is NC(N)c1cc2c3cc1CSSC[C@@H]1C[C@@]4(/C=C/C(=O)CCc5ccc(O)c(c5)OCCc5ccc(O)c(c5)[C@@H]3CC(=O)c3cc[nH]c3CC#C2)CC[C@H]2C[C@]3(O)C[C@H](CC[C@H]5CCC[C@@H]53)C[C@@H]3[C@@H](CSSC[C@]1(O)C4)[C@H](CO)c1ccccc1C[C@@H]23. The maximum atomic E-state index is 14.5. The van der Waals surface area contributed by atoms with E-state index in [4.69, 9.17) is 16.2 Å². The molecule has 15 bridgehead atoms. The number of nitrogens with two attached hydrogens (primary N) is 2. The van der Waals surface area contributed by atoms with Crippen LogP contribution in [0, 0.1) is 64.6 Å². The molecule has 5 fully saturated rings. The predicted octanol–water partition coefficient (Wildman–Crippen LogP) is 13.1. The third-order valence-corrected chi connectivity index (χ3v) is 27.2. The summed E-state index contributed by atoms with van der Waals surface area (Å²) >= 11 is 0. The number of phenolic OH excluding ortho intramolecular Hbond substituents is 2. The lowest BCUT2D eigenvalue weighted by Crippen LogP contribution is -2.47. The van der Waals surface area contributed by atoms with Gasteiger partial charge < -0.3 is 46.7 Å². The fraction of sp³-hybridized carbons (Fsp3) is 0.528. The van der Waals surface area contributed by atoms with Crippen molar-refractivity contribution in [1.82, 2.24) is 4.98 Å². The second-order valence-electron chi connectivity index (χ2n) is 27.4. The van der Waals surface area contributed by atoms with Crippen LogP contribution in [0.4, 0.5) is 0 Å². The number of aryl methyl sites for hydroxylation is 1. The van der Waals surface area contributed by atoms with Crippen LogP contribution in [0.25, 0.3) is 0 Å². The minimum atomic E-state index is -1.07. The van der Waals surface area contributed by atoms with Gasteiger partial charge in [0.05, 0.1) is 37.0 Å². The molecule has 2 aliphatic heterocycles. The van der Waals surface area contributed by atoms with Crippen LogP contribution >= 0.6 is 43.2 Å². The van der Waals surface area contributed by atoms with E-state index in [9.17, 15) is 35.1 Å². The molecule has 13 atom stereocenters. The number of H-pyrrole nitrogens is 1. The lowest BCUT2D eigenvalue weighted by molar-refractivity contribution is -0.114. The minimum absolute atomic E-state index is 0.00128. The number of hydrogen-bond acceptors (Lipinski definition) is 14. The van der Waals surface area contributed by atoms with E-state index in [-0.39, 0.29) is 72.8 Å². The quantitative estimate of drug-likeness (QED) is 0.0470. The van der Waals surface area contributed by atoms with E-state index in [0.29, 0.717) is 101 Å². The third-order valence-electron chi connectivity index (χ3n) is 22.3. The normalized spacial score (nSPS) is 33.4. The van der Waals surface area contributed by atoms with Gasteiger partial charge in [0.25, 0.3) is 0 Å². The molecule has 3 heterocycles. The van der Waals surface area contributed by atoms with Gasteiger partial charge in [0.1, 0.15) is 5.75 Å². The van der Waals surface area contributed by atoms with Crippen LogP contribution in [0.3, 0.4) is 0 Å². The predicted molar refractivity (Wildman–Crippen MR) is 352 cm³/mol. The molecular formula is C72H85N3O8S4. The highest BCUT2D eigenvalue weighted by Gasteiger charge is 2.56. The monoisotopic (exact) mass is 1250 g/mol. The first kappa shape index (κ1) is 61.3. The zero-order valence-electron chi connectivity index (χ0n) is 49.8. The Hall–Kier alpha value is -4.60. The number of aromatic nitrogens is 1. The van der Waals surface area contributed by atoms with Gasteiger partial charge >= 0.3 is 0 Å². The summed E-state index contributed by atoms with van der Waals surface area (Å²) < 4.78 is 6.29. The molecular weight excluding hydrogens is 1160 g/mol. The van der Waals surface area contributed by atoms with Crippen molar-refractivity contribution in [3.8, 4) is 29.1 Å². The van der Waals surface area contributed by atoms with Crippen LogP contribution in [0.1, 0.15) is 174 Å². The van der Waals surface area contributed by atoms with Crippen molar-refractivity contribution in [2.24, 2.45) is 64.2 Å². The molecule has 0 unspecified atom stereocenters. The maximum Gasteiger partial charge on any atom is 0.165 e. The van der Waals surface area contributed by atoms with Crippen molar-refractivity contribution >= 4 is 54.7 Å². The molecule has 460 valence electrons. The van der Waals surface area contributed by atoms with Crippen molar-refractivity contribution < 1.29 is 39.9 Å². The molecule has 13 rings (SSSR count). The first-order chi connectivity index (χ1) is 42.1. The van der Waals surface area contributed by atoms with E-state index < -0.39 is 28.7 Å². The Kier molecular flexibility index (Phi) is 18.3. The number of aromatic hydroxyl groups is 2. The van der Waals surface area contributed by atoms with Crippen molar-refractivity contribution in [3.63, 3.8) is 0 Å². The summed E-state index contributed by atoms with van der Waals surface area (Å²) in [7, 11) is 7.08. The van der Waals surface area contributed by atoms with Crippen LogP contribution in [-0.4, -0.2) is 83.8 Å². The van der Waals surface area contributed by atoms with Gasteiger partial charge in [-0.3, -0.25) is 9.59 Å². The fourth-order valence-electron chi connectivity index (χ4n) is 18.0. The van der Waals surface area contributed by atoms with Crippen molar-refractivity contribution in [1.29, 1.82) is 0 Å². The number of carbonyl (C=O) groups excluding carboxylic acids is 2. The number of hydrogen-bond donors (Lipinski definition) is 8. The number of carbonyl (C=O) groups is 2. The Labute approximate surface area is 529 Å². The number of nitrogens with one attached hydrogen (secondary N) is 1. The second kappa shape index (κ2) is 25.9. The zero-order valence-corrected chi connectivity index (χ0v) is 53.1. The van der Waals surface area contributed by atoms with E-state index >= 15 is 0 Å².